The van der Waals surface area contributed by atoms with Crippen LogP contribution in [0, 0.1) is 6.92 Å². The molecule has 0 amide bonds. The van der Waals surface area contributed by atoms with Crippen molar-refractivity contribution in [2.75, 3.05) is 6.54 Å². The summed E-state index contributed by atoms with van der Waals surface area (Å²) in [5.74, 6) is 0.457. The van der Waals surface area contributed by atoms with Crippen LogP contribution in [0.5, 0.6) is 5.75 Å². The summed E-state index contributed by atoms with van der Waals surface area (Å²) in [6, 6.07) is 11.5. The van der Waals surface area contributed by atoms with Gasteiger partial charge in [0.05, 0.1) is 16.3 Å². The van der Waals surface area contributed by atoms with Crippen LogP contribution in [0.1, 0.15) is 23.6 Å². The van der Waals surface area contributed by atoms with E-state index in [0.717, 1.165) is 17.7 Å². The van der Waals surface area contributed by atoms with Crippen molar-refractivity contribution in [3.63, 3.8) is 0 Å². The van der Waals surface area contributed by atoms with Gasteiger partial charge in [0.1, 0.15) is 6.61 Å². The molecule has 2 rings (SSSR count). The first-order valence-electron chi connectivity index (χ1n) is 7.74. The molecule has 2 aromatic rings. The molecule has 0 heterocycles. The van der Waals surface area contributed by atoms with Crippen LogP contribution >= 0.6 is 35.4 Å². The Hall–Kier alpha value is -1.82. The zero-order valence-electron chi connectivity index (χ0n) is 14.0. The van der Waals surface area contributed by atoms with E-state index in [0.29, 0.717) is 27.5 Å². The fourth-order valence-corrected chi connectivity index (χ4v) is 2.92. The van der Waals surface area contributed by atoms with Crippen molar-refractivity contribution in [1.29, 1.82) is 0 Å². The number of nitrogens with zero attached hydrogens (tertiary/aromatic N) is 1. The Bertz CT molecular complexity index is 758. The fraction of sp³-hybridized carbons (Fsp3) is 0.222. The lowest BCUT2D eigenvalue weighted by atomic mass is 10.1. The molecule has 0 radical (unpaired) electrons. The van der Waals surface area contributed by atoms with Crippen molar-refractivity contribution in [2.45, 2.75) is 20.5 Å². The molecule has 0 saturated heterocycles. The van der Waals surface area contributed by atoms with Gasteiger partial charge in [0.25, 0.3) is 0 Å². The van der Waals surface area contributed by atoms with Crippen molar-refractivity contribution < 1.29 is 4.74 Å². The summed E-state index contributed by atoms with van der Waals surface area (Å²) in [4.78, 5) is 0. The van der Waals surface area contributed by atoms with E-state index in [1.54, 1.807) is 18.3 Å². The van der Waals surface area contributed by atoms with Gasteiger partial charge in [-0.25, -0.2) is 0 Å². The summed E-state index contributed by atoms with van der Waals surface area (Å²) in [6.45, 7) is 5.11. The third-order valence-corrected chi connectivity index (χ3v) is 4.00. The van der Waals surface area contributed by atoms with E-state index in [9.17, 15) is 0 Å². The van der Waals surface area contributed by atoms with E-state index in [-0.39, 0.29) is 0 Å². The van der Waals surface area contributed by atoms with Gasteiger partial charge in [-0.2, -0.15) is 5.10 Å². The molecular formula is C18H19Cl2N3OS. The number of hydrazone groups is 1. The number of nitrogens with one attached hydrogen (secondary N) is 2. The van der Waals surface area contributed by atoms with Gasteiger partial charge in [-0.1, -0.05) is 53.0 Å². The van der Waals surface area contributed by atoms with E-state index in [4.69, 9.17) is 40.2 Å². The topological polar surface area (TPSA) is 45.7 Å². The van der Waals surface area contributed by atoms with E-state index < -0.39 is 0 Å². The molecule has 0 spiro atoms. The minimum atomic E-state index is 0.396. The second kappa shape index (κ2) is 9.61. The first-order chi connectivity index (χ1) is 12.0. The monoisotopic (exact) mass is 395 g/mol. The van der Waals surface area contributed by atoms with E-state index >= 15 is 0 Å². The van der Waals surface area contributed by atoms with Crippen LogP contribution < -0.4 is 15.5 Å². The van der Waals surface area contributed by atoms with Crippen molar-refractivity contribution in [1.82, 2.24) is 10.7 Å². The predicted octanol–water partition coefficient (Wildman–Crippen LogP) is 4.70. The van der Waals surface area contributed by atoms with Crippen LogP contribution in [-0.4, -0.2) is 17.9 Å². The molecule has 0 fully saturated rings. The predicted molar refractivity (Wildman–Crippen MR) is 109 cm³/mol. The summed E-state index contributed by atoms with van der Waals surface area (Å²) < 4.78 is 5.78. The fourth-order valence-electron chi connectivity index (χ4n) is 2.11. The highest BCUT2D eigenvalue weighted by Gasteiger charge is 2.09. The molecule has 0 bridgehead atoms. The summed E-state index contributed by atoms with van der Waals surface area (Å²) >= 11 is 17.6. The van der Waals surface area contributed by atoms with Gasteiger partial charge in [-0.15, -0.1) is 0 Å². The molecule has 0 atom stereocenters. The first kappa shape index (κ1) is 19.5. The molecule has 7 heteroatoms. The van der Waals surface area contributed by atoms with E-state index in [2.05, 4.69) is 21.9 Å². The Morgan fingerprint density at radius 3 is 2.60 bits per heavy atom. The molecule has 2 N–H and O–H groups in total. The number of hydrogen-bond acceptors (Lipinski definition) is 3. The summed E-state index contributed by atoms with van der Waals surface area (Å²) in [5.41, 5.74) is 5.68. The second-order valence-corrected chi connectivity index (χ2v) is 6.54. The Labute approximate surface area is 163 Å². The van der Waals surface area contributed by atoms with E-state index in [1.807, 2.05) is 32.0 Å². The lowest BCUT2D eigenvalue weighted by molar-refractivity contribution is 0.306. The Morgan fingerprint density at radius 2 is 1.96 bits per heavy atom. The van der Waals surface area contributed by atoms with Gasteiger partial charge in [0.15, 0.2) is 10.9 Å². The zero-order valence-corrected chi connectivity index (χ0v) is 16.3. The molecule has 0 saturated carbocycles. The van der Waals surface area contributed by atoms with Crippen molar-refractivity contribution in [2.24, 2.45) is 5.10 Å². The van der Waals surface area contributed by atoms with Crippen molar-refractivity contribution in [3.8, 4) is 5.75 Å². The summed E-state index contributed by atoms with van der Waals surface area (Å²) in [6.07, 6.45) is 1.59. The first-order valence-corrected chi connectivity index (χ1v) is 8.90. The van der Waals surface area contributed by atoms with Gasteiger partial charge >= 0.3 is 0 Å². The van der Waals surface area contributed by atoms with Crippen LogP contribution in [0.3, 0.4) is 0 Å². The lowest BCUT2D eigenvalue weighted by Gasteiger charge is -2.11. The Balaban J connectivity index is 2.04. The molecule has 25 heavy (non-hydrogen) atoms. The maximum atomic E-state index is 6.29. The number of hydrogen-bond donors (Lipinski definition) is 2. The third-order valence-electron chi connectivity index (χ3n) is 3.20. The highest BCUT2D eigenvalue weighted by atomic mass is 35.5. The Kier molecular flexibility index (Phi) is 7.50. The van der Waals surface area contributed by atoms with Crippen LogP contribution in [0.25, 0.3) is 0 Å². The average molecular weight is 396 g/mol. The minimum Gasteiger partial charge on any atom is -0.486 e. The number of ether oxygens (including phenoxy) is 1. The van der Waals surface area contributed by atoms with Crippen LogP contribution in [0.15, 0.2) is 41.5 Å². The highest BCUT2D eigenvalue weighted by Crippen LogP contribution is 2.34. The maximum absolute atomic E-state index is 6.29. The molecule has 132 valence electrons. The van der Waals surface area contributed by atoms with Crippen molar-refractivity contribution >= 4 is 46.7 Å². The molecule has 0 aromatic heterocycles. The SMILES string of the molecule is CCNC(=S)N/N=C\c1cc(Cl)c(OCc2cccc(C)c2)c(Cl)c1. The summed E-state index contributed by atoms with van der Waals surface area (Å²) in [5, 5.41) is 8.28. The number of rotatable bonds is 6. The van der Waals surface area contributed by atoms with Gasteiger partial charge in [0, 0.05) is 6.54 Å². The number of thiocarbonyl (C=S) groups is 1. The normalized spacial score (nSPS) is 10.7. The zero-order chi connectivity index (χ0) is 18.2. The van der Waals surface area contributed by atoms with Crippen LogP contribution in [0.4, 0.5) is 0 Å². The standard InChI is InChI=1S/C18H19Cl2N3OS/c1-3-21-18(25)23-22-10-14-8-15(19)17(16(20)9-14)24-11-13-6-4-5-12(2)7-13/h4-10H,3,11H2,1-2H3,(H2,21,23,25)/b22-10-. The van der Waals surface area contributed by atoms with Crippen LogP contribution in [0.2, 0.25) is 10.0 Å². The van der Waals surface area contributed by atoms with Gasteiger partial charge < -0.3 is 10.1 Å². The molecule has 0 aliphatic rings. The van der Waals surface area contributed by atoms with Crippen LogP contribution in [-0.2, 0) is 6.61 Å². The van der Waals surface area contributed by atoms with Gasteiger partial charge in [-0.3, -0.25) is 5.43 Å². The number of halogens is 2. The van der Waals surface area contributed by atoms with E-state index in [1.165, 1.54) is 5.56 Å². The lowest BCUT2D eigenvalue weighted by Crippen LogP contribution is -2.31. The minimum absolute atomic E-state index is 0.396. The Morgan fingerprint density at radius 1 is 1.24 bits per heavy atom. The average Bonchev–Trinajstić information content (AvgIpc) is 2.54. The maximum Gasteiger partial charge on any atom is 0.186 e. The number of aryl methyl sites for hydroxylation is 1. The second-order valence-electron chi connectivity index (χ2n) is 5.32. The van der Waals surface area contributed by atoms with Gasteiger partial charge in [0.2, 0.25) is 0 Å². The quantitative estimate of drug-likeness (QED) is 0.422. The molecule has 0 unspecified atom stereocenters. The smallest absolute Gasteiger partial charge is 0.186 e. The molecule has 0 aliphatic heterocycles. The highest BCUT2D eigenvalue weighted by molar-refractivity contribution is 7.80. The molecule has 0 aliphatic carbocycles. The molecule has 4 nitrogen and oxygen atoms in total. The largest absolute Gasteiger partial charge is 0.486 e. The van der Waals surface area contributed by atoms with Crippen molar-refractivity contribution in [3.05, 3.63) is 63.1 Å². The molecular weight excluding hydrogens is 377 g/mol. The summed E-state index contributed by atoms with van der Waals surface area (Å²) in [7, 11) is 0. The third kappa shape index (κ3) is 6.20. The van der Waals surface area contributed by atoms with Gasteiger partial charge in [-0.05, 0) is 49.3 Å². The number of benzene rings is 2. The molecule has 2 aromatic carbocycles.